The molecule has 148 valence electrons. The maximum absolute atomic E-state index is 11.9. The summed E-state index contributed by atoms with van der Waals surface area (Å²) in [6.45, 7) is 3.78. The number of aryl methyl sites for hydroxylation is 1. The highest BCUT2D eigenvalue weighted by Crippen LogP contribution is 2.31. The summed E-state index contributed by atoms with van der Waals surface area (Å²) in [6.07, 6.45) is 8.53. The molecule has 0 atom stereocenters. The fraction of sp³-hybridized carbons (Fsp3) is 0.350. The van der Waals surface area contributed by atoms with Crippen LogP contribution in [0.25, 0.3) is 6.08 Å². The SMILES string of the molecule is C/C(Cl)=C\c1cnc(Nc2ccc(SCl)cc2C)nc1N(C=O)C1CCCC1. The number of aromatic nitrogens is 2. The molecule has 1 aromatic heterocycles. The van der Waals surface area contributed by atoms with Gasteiger partial charge in [0.1, 0.15) is 5.82 Å². The van der Waals surface area contributed by atoms with E-state index >= 15 is 0 Å². The standard InChI is InChI=1S/C20H22Cl2N4OS/c1-13-9-17(28-22)7-8-18(13)24-20-23-11-15(10-14(2)21)19(25-20)26(12-27)16-5-3-4-6-16/h7-12,16H,3-6H2,1-2H3,(H,23,24,25)/b14-10+. The summed E-state index contributed by atoms with van der Waals surface area (Å²) in [7, 11) is 7.00. The molecule has 1 heterocycles. The van der Waals surface area contributed by atoms with Crippen LogP contribution < -0.4 is 10.2 Å². The number of anilines is 3. The molecular formula is C20H22Cl2N4OS. The molecule has 0 bridgehead atoms. The Labute approximate surface area is 179 Å². The van der Waals surface area contributed by atoms with E-state index in [2.05, 4.69) is 15.3 Å². The van der Waals surface area contributed by atoms with Crippen LogP contribution in [0.4, 0.5) is 17.5 Å². The molecule has 0 unspecified atom stereocenters. The van der Waals surface area contributed by atoms with E-state index in [0.717, 1.165) is 53.8 Å². The molecule has 0 aliphatic heterocycles. The van der Waals surface area contributed by atoms with Gasteiger partial charge < -0.3 is 5.32 Å². The van der Waals surface area contributed by atoms with Gasteiger partial charge in [-0.15, -0.1) is 0 Å². The number of allylic oxidation sites excluding steroid dienone is 1. The highest BCUT2D eigenvalue weighted by molar-refractivity contribution is 8.21. The molecule has 1 N–H and O–H groups in total. The van der Waals surface area contributed by atoms with Crippen LogP contribution in [-0.2, 0) is 4.79 Å². The Morgan fingerprint density at radius 3 is 2.71 bits per heavy atom. The first-order valence-electron chi connectivity index (χ1n) is 9.12. The summed E-state index contributed by atoms with van der Waals surface area (Å²) in [5.41, 5.74) is 2.64. The Balaban J connectivity index is 1.97. The zero-order valence-corrected chi connectivity index (χ0v) is 18.1. The van der Waals surface area contributed by atoms with E-state index in [4.69, 9.17) is 22.3 Å². The van der Waals surface area contributed by atoms with E-state index in [1.807, 2.05) is 25.1 Å². The molecule has 0 saturated heterocycles. The monoisotopic (exact) mass is 436 g/mol. The Hall–Kier alpha value is -1.76. The van der Waals surface area contributed by atoms with Crippen LogP contribution >= 0.6 is 33.3 Å². The van der Waals surface area contributed by atoms with Crippen LogP contribution in [0.1, 0.15) is 43.7 Å². The summed E-state index contributed by atoms with van der Waals surface area (Å²) in [4.78, 5) is 23.7. The highest BCUT2D eigenvalue weighted by Gasteiger charge is 2.25. The predicted molar refractivity (Wildman–Crippen MR) is 119 cm³/mol. The van der Waals surface area contributed by atoms with E-state index in [-0.39, 0.29) is 6.04 Å². The van der Waals surface area contributed by atoms with Gasteiger partial charge in [-0.25, -0.2) is 4.98 Å². The molecule has 2 aromatic rings. The molecule has 28 heavy (non-hydrogen) atoms. The minimum absolute atomic E-state index is 0.157. The molecule has 1 aromatic carbocycles. The molecule has 5 nitrogen and oxygen atoms in total. The predicted octanol–water partition coefficient (Wildman–Crippen LogP) is 6.28. The lowest BCUT2D eigenvalue weighted by Gasteiger charge is -2.25. The lowest BCUT2D eigenvalue weighted by atomic mass is 10.2. The van der Waals surface area contributed by atoms with Gasteiger partial charge in [-0.2, -0.15) is 4.98 Å². The van der Waals surface area contributed by atoms with Gasteiger partial charge in [-0.05, 0) is 78.2 Å². The lowest BCUT2D eigenvalue weighted by molar-refractivity contribution is -0.107. The second-order valence-electron chi connectivity index (χ2n) is 6.83. The lowest BCUT2D eigenvalue weighted by Crippen LogP contribution is -2.33. The van der Waals surface area contributed by atoms with Gasteiger partial charge in [-0.3, -0.25) is 9.69 Å². The normalized spacial score (nSPS) is 14.9. The topological polar surface area (TPSA) is 58.1 Å². The number of hydrogen-bond acceptors (Lipinski definition) is 5. The summed E-state index contributed by atoms with van der Waals surface area (Å²) in [6, 6.07) is 6.02. The van der Waals surface area contributed by atoms with Gasteiger partial charge in [0.15, 0.2) is 0 Å². The Kier molecular flexibility index (Phi) is 7.21. The molecule has 1 saturated carbocycles. The molecule has 1 aliphatic rings. The number of rotatable bonds is 7. The van der Waals surface area contributed by atoms with Gasteiger partial charge >= 0.3 is 0 Å². The molecule has 1 fully saturated rings. The molecular weight excluding hydrogens is 415 g/mol. The third kappa shape index (κ3) is 4.99. The van der Waals surface area contributed by atoms with Crippen molar-refractivity contribution in [2.75, 3.05) is 10.2 Å². The zero-order chi connectivity index (χ0) is 20.1. The first-order valence-corrected chi connectivity index (χ1v) is 11.1. The van der Waals surface area contributed by atoms with Crippen molar-refractivity contribution in [3.63, 3.8) is 0 Å². The van der Waals surface area contributed by atoms with E-state index in [1.165, 1.54) is 11.0 Å². The van der Waals surface area contributed by atoms with E-state index in [1.54, 1.807) is 24.1 Å². The van der Waals surface area contributed by atoms with Crippen molar-refractivity contribution in [3.05, 3.63) is 40.6 Å². The molecule has 0 spiro atoms. The number of halogens is 2. The molecule has 1 aliphatic carbocycles. The van der Waals surface area contributed by atoms with Crippen LogP contribution in [-0.4, -0.2) is 22.4 Å². The number of carbonyl (C=O) groups excluding carboxylic acids is 1. The molecule has 8 heteroatoms. The number of amides is 1. The quantitative estimate of drug-likeness (QED) is 0.517. The Morgan fingerprint density at radius 1 is 1.36 bits per heavy atom. The summed E-state index contributed by atoms with van der Waals surface area (Å²) >= 11 is 6.08. The minimum Gasteiger partial charge on any atom is -0.324 e. The van der Waals surface area contributed by atoms with E-state index < -0.39 is 0 Å². The highest BCUT2D eigenvalue weighted by atomic mass is 35.7. The van der Waals surface area contributed by atoms with Crippen molar-refractivity contribution in [3.8, 4) is 0 Å². The van der Waals surface area contributed by atoms with Crippen LogP contribution in [0.15, 0.2) is 34.3 Å². The largest absolute Gasteiger partial charge is 0.324 e. The fourth-order valence-corrected chi connectivity index (χ4v) is 4.15. The van der Waals surface area contributed by atoms with Crippen molar-refractivity contribution in [1.82, 2.24) is 9.97 Å². The maximum Gasteiger partial charge on any atom is 0.229 e. The van der Waals surface area contributed by atoms with E-state index in [0.29, 0.717) is 16.8 Å². The van der Waals surface area contributed by atoms with Crippen LogP contribution in [0, 0.1) is 6.92 Å². The van der Waals surface area contributed by atoms with Gasteiger partial charge in [-0.1, -0.05) is 24.4 Å². The maximum atomic E-state index is 11.9. The van der Waals surface area contributed by atoms with Crippen LogP contribution in [0.5, 0.6) is 0 Å². The van der Waals surface area contributed by atoms with Crippen LogP contribution in [0.3, 0.4) is 0 Å². The van der Waals surface area contributed by atoms with Gasteiger partial charge in [0, 0.05) is 33.4 Å². The summed E-state index contributed by atoms with van der Waals surface area (Å²) in [5.74, 6) is 1.00. The molecule has 0 radical (unpaired) electrons. The number of nitrogens with one attached hydrogen (secondary N) is 1. The van der Waals surface area contributed by atoms with Gasteiger partial charge in [0.2, 0.25) is 12.4 Å². The van der Waals surface area contributed by atoms with Gasteiger partial charge in [0.05, 0.1) is 0 Å². The number of hydrogen-bond donors (Lipinski definition) is 1. The van der Waals surface area contributed by atoms with Crippen molar-refractivity contribution in [2.45, 2.75) is 50.5 Å². The Morgan fingerprint density at radius 2 is 2.11 bits per heavy atom. The van der Waals surface area contributed by atoms with Crippen molar-refractivity contribution < 1.29 is 4.79 Å². The summed E-state index contributed by atoms with van der Waals surface area (Å²) < 4.78 is 0. The first kappa shape index (κ1) is 21.0. The second kappa shape index (κ2) is 9.63. The van der Waals surface area contributed by atoms with Crippen molar-refractivity contribution in [1.29, 1.82) is 0 Å². The van der Waals surface area contributed by atoms with Crippen molar-refractivity contribution in [2.24, 2.45) is 0 Å². The number of carbonyl (C=O) groups is 1. The number of nitrogens with zero attached hydrogens (tertiary/aromatic N) is 3. The number of benzene rings is 1. The molecule has 3 rings (SSSR count). The first-order chi connectivity index (χ1) is 13.5. The zero-order valence-electron chi connectivity index (χ0n) is 15.8. The summed E-state index contributed by atoms with van der Waals surface area (Å²) in [5, 5.41) is 3.85. The smallest absolute Gasteiger partial charge is 0.229 e. The average molecular weight is 437 g/mol. The molecule has 1 amide bonds. The fourth-order valence-electron chi connectivity index (χ4n) is 3.40. The second-order valence-corrected chi connectivity index (χ2v) is 8.52. The third-order valence-electron chi connectivity index (χ3n) is 4.76. The van der Waals surface area contributed by atoms with Crippen LogP contribution in [0.2, 0.25) is 0 Å². The van der Waals surface area contributed by atoms with Gasteiger partial charge in [0.25, 0.3) is 0 Å². The van der Waals surface area contributed by atoms with Crippen molar-refractivity contribution >= 4 is 63.2 Å². The average Bonchev–Trinajstić information content (AvgIpc) is 3.20. The minimum atomic E-state index is 0.157. The van der Waals surface area contributed by atoms with E-state index in [9.17, 15) is 4.79 Å². The third-order valence-corrected chi connectivity index (χ3v) is 5.84. The Bertz CT molecular complexity index is 881.